The number of carbonyl (C=O) groups excluding carboxylic acids is 1. The van der Waals surface area contributed by atoms with E-state index in [1.54, 1.807) is 19.1 Å². The number of carbonyl (C=O) groups is 2. The zero-order valence-electron chi connectivity index (χ0n) is 10.1. The van der Waals surface area contributed by atoms with Crippen molar-refractivity contribution >= 4 is 11.9 Å². The van der Waals surface area contributed by atoms with E-state index in [2.05, 4.69) is 0 Å². The molecule has 0 radical (unpaired) electrons. The summed E-state index contributed by atoms with van der Waals surface area (Å²) in [6.07, 6.45) is 0. The topological polar surface area (TPSA) is 77.4 Å². The van der Waals surface area contributed by atoms with Crippen LogP contribution in [0.2, 0.25) is 0 Å². The summed E-state index contributed by atoms with van der Waals surface area (Å²) in [5.41, 5.74) is 1.72. The number of rotatable bonds is 4. The second kappa shape index (κ2) is 7.28. The molecule has 0 spiro atoms. The first-order chi connectivity index (χ1) is 7.43. The van der Waals surface area contributed by atoms with Crippen LogP contribution in [0.3, 0.4) is 0 Å². The molecule has 2 atom stereocenters. The summed E-state index contributed by atoms with van der Waals surface area (Å²) in [7, 11) is 0. The van der Waals surface area contributed by atoms with Crippen molar-refractivity contribution in [2.45, 2.75) is 19.8 Å². The summed E-state index contributed by atoms with van der Waals surface area (Å²) in [4.78, 5) is 21.5. The fraction of sp³-hybridized carbons (Fsp3) is 0.333. The van der Waals surface area contributed by atoms with Crippen LogP contribution in [0, 0.1) is 12.8 Å². The average molecular weight is 260 g/mol. The Morgan fingerprint density at radius 3 is 2.06 bits per heavy atom. The predicted octanol–water partition coefficient (Wildman–Crippen LogP) is -2.45. The van der Waals surface area contributed by atoms with Crippen LogP contribution in [0.1, 0.15) is 24.0 Å². The van der Waals surface area contributed by atoms with Crippen molar-refractivity contribution in [2.75, 3.05) is 0 Å². The van der Waals surface area contributed by atoms with Gasteiger partial charge >= 0.3 is 57.4 Å². The minimum Gasteiger partial charge on any atom is -0.549 e. The molecule has 1 aromatic rings. The smallest absolute Gasteiger partial charge is 0.549 e. The van der Waals surface area contributed by atoms with Gasteiger partial charge in [0.05, 0.1) is 5.97 Å². The van der Waals surface area contributed by atoms with E-state index in [1.165, 1.54) is 0 Å². The van der Waals surface area contributed by atoms with Crippen molar-refractivity contribution in [3.8, 4) is 0 Å². The Labute approximate surface area is 142 Å². The van der Waals surface area contributed by atoms with Gasteiger partial charge in [-0.25, -0.2) is 0 Å². The molecule has 0 aliphatic rings. The van der Waals surface area contributed by atoms with Gasteiger partial charge in [-0.15, -0.1) is 0 Å². The van der Waals surface area contributed by atoms with E-state index in [4.69, 9.17) is 5.11 Å². The van der Waals surface area contributed by atoms with Gasteiger partial charge < -0.3 is 15.0 Å². The van der Waals surface area contributed by atoms with Crippen molar-refractivity contribution in [3.63, 3.8) is 0 Å². The van der Waals surface area contributed by atoms with Gasteiger partial charge in [0.25, 0.3) is 0 Å². The Kier molecular flexibility index (Phi) is 7.19. The fourth-order valence-electron chi connectivity index (χ4n) is 1.58. The molecule has 0 aromatic heterocycles. The Bertz CT molecular complexity index is 385. The van der Waals surface area contributed by atoms with Crippen molar-refractivity contribution < 1.29 is 71.2 Å². The van der Waals surface area contributed by atoms with Gasteiger partial charge in [-0.1, -0.05) is 36.8 Å². The van der Waals surface area contributed by atoms with Crippen LogP contribution in [-0.2, 0) is 9.59 Å². The molecule has 17 heavy (non-hydrogen) atoms. The predicted molar refractivity (Wildman–Crippen MR) is 55.7 cm³/mol. The van der Waals surface area contributed by atoms with E-state index in [0.29, 0.717) is 5.56 Å². The van der Waals surface area contributed by atoms with Crippen molar-refractivity contribution in [1.82, 2.24) is 0 Å². The maximum atomic E-state index is 10.8. The van der Waals surface area contributed by atoms with Gasteiger partial charge in [-0.3, -0.25) is 4.79 Å². The zero-order valence-corrected chi connectivity index (χ0v) is 13.3. The van der Waals surface area contributed by atoms with Crippen LogP contribution in [0.4, 0.5) is 0 Å². The molecule has 2 unspecified atom stereocenters. The number of hydrogen-bond acceptors (Lipinski definition) is 3. The SMILES string of the molecule is Cc1ccc(C(C)C(C(=O)[O-])C(=O)O)cc1.[K+]. The van der Waals surface area contributed by atoms with Gasteiger partial charge in [0.1, 0.15) is 5.92 Å². The zero-order chi connectivity index (χ0) is 12.3. The van der Waals surface area contributed by atoms with Gasteiger partial charge in [-0.05, 0) is 18.4 Å². The minimum atomic E-state index is -1.56. The average Bonchev–Trinajstić information content (AvgIpc) is 2.17. The molecule has 0 saturated carbocycles. The molecule has 0 aliphatic carbocycles. The molecule has 5 heteroatoms. The summed E-state index contributed by atoms with van der Waals surface area (Å²) in [5.74, 6) is -5.04. The fourth-order valence-corrected chi connectivity index (χ4v) is 1.58. The largest absolute Gasteiger partial charge is 1.00 e. The summed E-state index contributed by atoms with van der Waals surface area (Å²) in [6, 6.07) is 7.11. The van der Waals surface area contributed by atoms with Crippen LogP contribution in [0.15, 0.2) is 24.3 Å². The van der Waals surface area contributed by atoms with Crippen LogP contribution in [0.25, 0.3) is 0 Å². The molecule has 0 fully saturated rings. The normalized spacial score (nSPS) is 13.3. The molecule has 0 saturated heterocycles. The third kappa shape index (κ3) is 4.52. The maximum absolute atomic E-state index is 10.8. The van der Waals surface area contributed by atoms with E-state index >= 15 is 0 Å². The summed E-state index contributed by atoms with van der Waals surface area (Å²) >= 11 is 0. The molecular weight excluding hydrogens is 247 g/mol. The number of aliphatic carboxylic acids is 2. The van der Waals surface area contributed by atoms with E-state index in [9.17, 15) is 14.7 Å². The number of carboxylic acids is 2. The molecule has 0 bridgehead atoms. The van der Waals surface area contributed by atoms with Gasteiger partial charge in [-0.2, -0.15) is 0 Å². The Morgan fingerprint density at radius 2 is 1.71 bits per heavy atom. The number of hydrogen-bond donors (Lipinski definition) is 1. The number of aryl methyl sites for hydroxylation is 1. The maximum Gasteiger partial charge on any atom is 1.00 e. The van der Waals surface area contributed by atoms with Gasteiger partial charge in [0.2, 0.25) is 0 Å². The molecule has 0 aliphatic heterocycles. The standard InChI is InChI=1S/C12H14O4.K/c1-7-3-5-9(6-4-7)8(2)10(11(13)14)12(15)16;/h3-6,8,10H,1-2H3,(H,13,14)(H,15,16);/q;+1/p-1. The number of carboxylic acid groups (broad SMARTS) is 2. The van der Waals surface area contributed by atoms with Gasteiger partial charge in [0.15, 0.2) is 0 Å². The molecule has 86 valence electrons. The summed E-state index contributed by atoms with van der Waals surface area (Å²) < 4.78 is 0. The second-order valence-electron chi connectivity index (χ2n) is 3.83. The van der Waals surface area contributed by atoms with E-state index in [1.807, 2.05) is 19.1 Å². The van der Waals surface area contributed by atoms with Crippen molar-refractivity contribution in [1.29, 1.82) is 0 Å². The van der Waals surface area contributed by atoms with Crippen LogP contribution < -0.4 is 56.5 Å². The third-order valence-corrected chi connectivity index (χ3v) is 2.62. The first-order valence-electron chi connectivity index (χ1n) is 4.93. The van der Waals surface area contributed by atoms with Crippen LogP contribution in [0.5, 0.6) is 0 Å². The van der Waals surface area contributed by atoms with Crippen molar-refractivity contribution in [3.05, 3.63) is 35.4 Å². The first kappa shape index (κ1) is 16.8. The Morgan fingerprint density at radius 1 is 1.24 bits per heavy atom. The van der Waals surface area contributed by atoms with E-state index in [-0.39, 0.29) is 51.4 Å². The minimum absolute atomic E-state index is 0. The van der Waals surface area contributed by atoms with E-state index in [0.717, 1.165) is 5.56 Å². The van der Waals surface area contributed by atoms with Crippen LogP contribution >= 0.6 is 0 Å². The summed E-state index contributed by atoms with van der Waals surface area (Å²) in [6.45, 7) is 3.47. The molecule has 0 heterocycles. The Hall–Kier alpha value is -0.204. The van der Waals surface area contributed by atoms with Crippen molar-refractivity contribution in [2.24, 2.45) is 5.92 Å². The quantitative estimate of drug-likeness (QED) is 0.482. The molecule has 4 nitrogen and oxygen atoms in total. The number of benzene rings is 1. The van der Waals surface area contributed by atoms with E-state index < -0.39 is 23.8 Å². The third-order valence-electron chi connectivity index (χ3n) is 2.62. The monoisotopic (exact) mass is 260 g/mol. The molecular formula is C12H13KO4. The molecule has 1 N–H and O–H groups in total. The van der Waals surface area contributed by atoms with Gasteiger partial charge in [0, 0.05) is 0 Å². The molecule has 1 aromatic carbocycles. The molecule has 0 amide bonds. The molecule has 1 rings (SSSR count). The van der Waals surface area contributed by atoms with Crippen LogP contribution in [-0.4, -0.2) is 17.0 Å². The summed E-state index contributed by atoms with van der Waals surface area (Å²) in [5, 5.41) is 19.5. The first-order valence-corrected chi connectivity index (χ1v) is 4.93. The Balaban J connectivity index is 0.00000256. The second-order valence-corrected chi connectivity index (χ2v) is 3.83.